The number of carbonyl (C=O) groups is 1. The van der Waals surface area contributed by atoms with Crippen molar-refractivity contribution in [3.63, 3.8) is 0 Å². The highest BCUT2D eigenvalue weighted by Crippen LogP contribution is 2.13. The van der Waals surface area contributed by atoms with E-state index in [1.807, 2.05) is 67.5 Å². The summed E-state index contributed by atoms with van der Waals surface area (Å²) in [5.74, 6) is -0.477. The minimum atomic E-state index is -0.872. The van der Waals surface area contributed by atoms with Crippen LogP contribution in [0.3, 0.4) is 0 Å². The van der Waals surface area contributed by atoms with Crippen LogP contribution in [0.1, 0.15) is 27.2 Å². The number of hydrogen-bond acceptors (Lipinski definition) is 6. The number of aromatic amines is 1. The van der Waals surface area contributed by atoms with Gasteiger partial charge in [-0.3, -0.25) is 19.4 Å². The Bertz CT molecular complexity index is 1160. The molecular formula is C26H35N5O4. The molecule has 0 unspecified atom stereocenters. The molecule has 2 aromatic carbocycles. The van der Waals surface area contributed by atoms with Crippen molar-refractivity contribution in [2.75, 3.05) is 32.1 Å². The second kappa shape index (κ2) is 12.3. The molecule has 5 N–H and O–H groups in total. The third-order valence-corrected chi connectivity index (χ3v) is 5.93. The van der Waals surface area contributed by atoms with E-state index in [0.717, 1.165) is 16.8 Å². The molecule has 0 aliphatic carbocycles. The van der Waals surface area contributed by atoms with E-state index in [4.69, 9.17) is 5.11 Å². The Morgan fingerprint density at radius 1 is 1.11 bits per heavy atom. The summed E-state index contributed by atoms with van der Waals surface area (Å²) in [5, 5.41) is 29.1. The van der Waals surface area contributed by atoms with Crippen molar-refractivity contribution < 1.29 is 15.0 Å². The van der Waals surface area contributed by atoms with Gasteiger partial charge in [-0.15, -0.1) is 0 Å². The lowest BCUT2D eigenvalue weighted by molar-refractivity contribution is 0.0823. The van der Waals surface area contributed by atoms with Crippen LogP contribution in [0.15, 0.2) is 59.4 Å². The normalized spacial score (nSPS) is 12.8. The predicted octanol–water partition coefficient (Wildman–Crippen LogP) is 1.03. The summed E-state index contributed by atoms with van der Waals surface area (Å²) in [7, 11) is 3.97. The van der Waals surface area contributed by atoms with Crippen molar-refractivity contribution in [2.24, 2.45) is 0 Å². The first-order chi connectivity index (χ1) is 16.8. The van der Waals surface area contributed by atoms with E-state index < -0.39 is 18.1 Å². The lowest BCUT2D eigenvalue weighted by atomic mass is 10.0. The fourth-order valence-corrected chi connectivity index (χ4v) is 3.90. The summed E-state index contributed by atoms with van der Waals surface area (Å²) in [6.45, 7) is 2.25. The highest BCUT2D eigenvalue weighted by molar-refractivity contribution is 5.93. The number of nitrogens with one attached hydrogen (secondary N) is 3. The first-order valence-corrected chi connectivity index (χ1v) is 11.7. The van der Waals surface area contributed by atoms with Crippen LogP contribution >= 0.6 is 0 Å². The molecule has 0 spiro atoms. The van der Waals surface area contributed by atoms with Gasteiger partial charge >= 0.3 is 0 Å². The number of amides is 1. The summed E-state index contributed by atoms with van der Waals surface area (Å²) in [5.41, 5.74) is 3.19. The van der Waals surface area contributed by atoms with Gasteiger partial charge in [-0.1, -0.05) is 42.5 Å². The molecule has 0 saturated carbocycles. The Hall–Kier alpha value is -3.40. The molecule has 9 heteroatoms. The number of nitrogens with zero attached hydrogens (tertiary/aromatic N) is 2. The molecule has 1 amide bonds. The van der Waals surface area contributed by atoms with Crippen molar-refractivity contribution in [1.82, 2.24) is 20.4 Å². The van der Waals surface area contributed by atoms with Gasteiger partial charge in [0.05, 0.1) is 25.3 Å². The van der Waals surface area contributed by atoms with Crippen LogP contribution < -0.4 is 21.1 Å². The van der Waals surface area contributed by atoms with Crippen LogP contribution in [0.5, 0.6) is 0 Å². The number of anilines is 1. The Morgan fingerprint density at radius 2 is 1.83 bits per heavy atom. The molecule has 2 atom stereocenters. The molecule has 35 heavy (non-hydrogen) atoms. The van der Waals surface area contributed by atoms with Gasteiger partial charge < -0.3 is 25.7 Å². The molecule has 3 rings (SSSR count). The van der Waals surface area contributed by atoms with Crippen LogP contribution in [0.25, 0.3) is 0 Å². The maximum atomic E-state index is 13.0. The number of rotatable bonds is 12. The average molecular weight is 482 g/mol. The number of H-pyrrole nitrogens is 1. The lowest BCUT2D eigenvalue weighted by Gasteiger charge is -2.25. The monoisotopic (exact) mass is 481 g/mol. The van der Waals surface area contributed by atoms with Gasteiger partial charge in [0.2, 0.25) is 0 Å². The van der Waals surface area contributed by atoms with Crippen molar-refractivity contribution in [3.8, 4) is 0 Å². The Morgan fingerprint density at radius 3 is 2.51 bits per heavy atom. The van der Waals surface area contributed by atoms with Gasteiger partial charge in [-0.2, -0.15) is 0 Å². The molecule has 0 radical (unpaired) electrons. The van der Waals surface area contributed by atoms with Gasteiger partial charge in [-0.05, 0) is 36.6 Å². The topological polar surface area (TPSA) is 123 Å². The first-order valence-electron chi connectivity index (χ1n) is 11.7. The van der Waals surface area contributed by atoms with E-state index in [1.165, 1.54) is 4.68 Å². The van der Waals surface area contributed by atoms with Gasteiger partial charge in [0.15, 0.2) is 0 Å². The molecule has 0 fully saturated rings. The summed E-state index contributed by atoms with van der Waals surface area (Å²) >= 11 is 0. The molecule has 9 nitrogen and oxygen atoms in total. The zero-order valence-corrected chi connectivity index (χ0v) is 20.5. The number of aliphatic hydroxyl groups is 2. The summed E-state index contributed by atoms with van der Waals surface area (Å²) < 4.78 is 1.20. The average Bonchev–Trinajstić information content (AvgIpc) is 3.13. The maximum absolute atomic E-state index is 13.0. The Labute approximate surface area is 205 Å². The van der Waals surface area contributed by atoms with E-state index in [1.54, 1.807) is 6.92 Å². The molecule has 3 aromatic rings. The van der Waals surface area contributed by atoms with Crippen LogP contribution in [0.4, 0.5) is 5.69 Å². The largest absolute Gasteiger partial charge is 0.394 e. The first kappa shape index (κ1) is 26.2. The number of aliphatic hydroxyl groups excluding tert-OH is 2. The fraction of sp³-hybridized carbons (Fsp3) is 0.385. The summed E-state index contributed by atoms with van der Waals surface area (Å²) in [6, 6.07) is 17.2. The maximum Gasteiger partial charge on any atom is 0.270 e. The third kappa shape index (κ3) is 7.05. The molecule has 0 aliphatic rings. The van der Waals surface area contributed by atoms with Crippen LogP contribution in [-0.2, 0) is 19.5 Å². The van der Waals surface area contributed by atoms with E-state index in [-0.39, 0.29) is 36.5 Å². The van der Waals surface area contributed by atoms with Crippen LogP contribution in [0, 0.1) is 6.92 Å². The quantitative estimate of drug-likeness (QED) is 0.263. The number of hydrogen-bond donors (Lipinski definition) is 5. The van der Waals surface area contributed by atoms with Gasteiger partial charge in [0.25, 0.3) is 11.5 Å². The zero-order chi connectivity index (χ0) is 25.4. The fourth-order valence-electron chi connectivity index (χ4n) is 3.90. The van der Waals surface area contributed by atoms with Crippen molar-refractivity contribution in [1.29, 1.82) is 0 Å². The summed E-state index contributed by atoms with van der Waals surface area (Å²) in [4.78, 5) is 27.4. The number of aromatic nitrogens is 2. The van der Waals surface area contributed by atoms with Gasteiger partial charge in [0, 0.05) is 38.4 Å². The SMILES string of the molecule is Cc1c(C(=O)N[C@@H](Cc2ccccc2)[C@H](O)CNCc2cccc(N(C)C)c2)[nH]n(CCO)c1=O. The lowest BCUT2D eigenvalue weighted by Crippen LogP contribution is -2.49. The highest BCUT2D eigenvalue weighted by Gasteiger charge is 2.25. The molecule has 188 valence electrons. The van der Waals surface area contributed by atoms with E-state index >= 15 is 0 Å². The molecule has 1 heterocycles. The molecule has 0 aliphatic heterocycles. The van der Waals surface area contributed by atoms with E-state index in [0.29, 0.717) is 13.0 Å². The molecule has 0 saturated heterocycles. The van der Waals surface area contributed by atoms with Gasteiger partial charge in [0.1, 0.15) is 5.69 Å². The number of carbonyl (C=O) groups excluding carboxylic acids is 1. The molecular weight excluding hydrogens is 446 g/mol. The second-order valence-corrected chi connectivity index (χ2v) is 8.82. The Balaban J connectivity index is 1.70. The van der Waals surface area contributed by atoms with Gasteiger partial charge in [-0.25, -0.2) is 0 Å². The summed E-state index contributed by atoms with van der Waals surface area (Å²) in [6.07, 6.45) is -0.450. The van der Waals surface area contributed by atoms with Crippen molar-refractivity contribution >= 4 is 11.6 Å². The zero-order valence-electron chi connectivity index (χ0n) is 20.5. The predicted molar refractivity (Wildman–Crippen MR) is 137 cm³/mol. The third-order valence-electron chi connectivity index (χ3n) is 5.93. The van der Waals surface area contributed by atoms with E-state index in [9.17, 15) is 14.7 Å². The molecule has 1 aromatic heterocycles. The van der Waals surface area contributed by atoms with E-state index in [2.05, 4.69) is 21.8 Å². The second-order valence-electron chi connectivity index (χ2n) is 8.82. The van der Waals surface area contributed by atoms with Crippen LogP contribution in [-0.4, -0.2) is 65.3 Å². The smallest absolute Gasteiger partial charge is 0.270 e. The van der Waals surface area contributed by atoms with Crippen molar-refractivity contribution in [3.05, 3.63) is 87.3 Å². The minimum absolute atomic E-state index is 0.0714. The van der Waals surface area contributed by atoms with Crippen molar-refractivity contribution in [2.45, 2.75) is 38.6 Å². The Kier molecular flexibility index (Phi) is 9.25. The highest BCUT2D eigenvalue weighted by atomic mass is 16.3. The standard InChI is InChI=1S/C26H35N5O4/c1-18-24(29-31(12-13-32)26(18)35)25(34)28-22(15-19-8-5-4-6-9-19)23(33)17-27-16-20-10-7-11-21(14-20)30(2)3/h4-11,14,22-23,27,29,32-33H,12-13,15-17H2,1-3H3,(H,28,34)/t22-,23+/m0/s1. The molecule has 0 bridgehead atoms. The van der Waals surface area contributed by atoms with Crippen LogP contribution in [0.2, 0.25) is 0 Å². The number of benzene rings is 2. The minimum Gasteiger partial charge on any atom is -0.394 e.